The number of guanidine groups is 1. The van der Waals surface area contributed by atoms with Gasteiger partial charge in [-0.05, 0) is 30.2 Å². The maximum atomic E-state index is 5.29. The highest BCUT2D eigenvalue weighted by Gasteiger charge is 2.03. The molecule has 26 heavy (non-hydrogen) atoms. The van der Waals surface area contributed by atoms with E-state index >= 15 is 0 Å². The number of nitrogens with zero attached hydrogens (tertiary/aromatic N) is 3. The quantitative estimate of drug-likeness (QED) is 0.410. The molecule has 5 nitrogen and oxygen atoms in total. The molecule has 0 radical (unpaired) electrons. The maximum absolute atomic E-state index is 5.29. The van der Waals surface area contributed by atoms with Crippen LogP contribution in [-0.4, -0.2) is 28.6 Å². The first kappa shape index (κ1) is 17.6. The summed E-state index contributed by atoms with van der Waals surface area (Å²) >= 11 is 0. The fraction of sp³-hybridized carbons (Fsp3) is 0.238. The van der Waals surface area contributed by atoms with Gasteiger partial charge in [0, 0.05) is 13.1 Å². The maximum Gasteiger partial charge on any atom is 0.192 e. The van der Waals surface area contributed by atoms with E-state index in [1.807, 2.05) is 31.5 Å². The van der Waals surface area contributed by atoms with E-state index in [0.29, 0.717) is 13.1 Å². The highest BCUT2D eigenvalue weighted by Crippen LogP contribution is 2.14. The van der Waals surface area contributed by atoms with Crippen molar-refractivity contribution >= 4 is 17.0 Å². The number of rotatable bonds is 6. The number of nitrogens with one attached hydrogen (secondary N) is 2. The summed E-state index contributed by atoms with van der Waals surface area (Å²) in [7, 11) is 0. The molecular weight excluding hydrogens is 322 g/mol. The van der Waals surface area contributed by atoms with Gasteiger partial charge in [0.1, 0.15) is 0 Å². The molecule has 2 aromatic carbocycles. The predicted octanol–water partition coefficient (Wildman–Crippen LogP) is 2.77. The van der Waals surface area contributed by atoms with Crippen molar-refractivity contribution in [2.45, 2.75) is 20.0 Å². The first-order valence-corrected chi connectivity index (χ1v) is 8.73. The predicted molar refractivity (Wildman–Crippen MR) is 107 cm³/mol. The molecule has 0 aliphatic rings. The van der Waals surface area contributed by atoms with Crippen molar-refractivity contribution in [2.75, 3.05) is 13.1 Å². The second-order valence-electron chi connectivity index (χ2n) is 5.93. The molecule has 0 amide bonds. The Hall–Kier alpha value is -3.26. The molecule has 1 heterocycles. The standard InChI is InChI=1S/C21H23N5/c1-3-13-23-21(22-4-2)24-14-17-9-11-18(12-10-17)15-26-16-25-19-7-5-6-8-20(19)26/h1,5-12,16H,4,13-15H2,2H3,(H2,22,23,24). The van der Waals surface area contributed by atoms with E-state index < -0.39 is 0 Å². The van der Waals surface area contributed by atoms with Gasteiger partial charge >= 0.3 is 0 Å². The Kier molecular flexibility index (Phi) is 5.89. The molecule has 0 spiro atoms. The molecule has 0 unspecified atom stereocenters. The number of benzene rings is 2. The second-order valence-corrected chi connectivity index (χ2v) is 5.93. The molecule has 1 aromatic heterocycles. The minimum atomic E-state index is 0.462. The lowest BCUT2D eigenvalue weighted by Gasteiger charge is -2.09. The largest absolute Gasteiger partial charge is 0.357 e. The van der Waals surface area contributed by atoms with Gasteiger partial charge < -0.3 is 15.2 Å². The molecule has 0 saturated heterocycles. The van der Waals surface area contributed by atoms with Crippen LogP contribution < -0.4 is 10.6 Å². The minimum absolute atomic E-state index is 0.462. The molecule has 0 fully saturated rings. The minimum Gasteiger partial charge on any atom is -0.357 e. The fourth-order valence-electron chi connectivity index (χ4n) is 2.73. The summed E-state index contributed by atoms with van der Waals surface area (Å²) in [6.45, 7) is 4.70. The van der Waals surface area contributed by atoms with Crippen molar-refractivity contribution in [3.63, 3.8) is 0 Å². The highest BCUT2D eigenvalue weighted by atomic mass is 15.2. The lowest BCUT2D eigenvalue weighted by atomic mass is 10.1. The van der Waals surface area contributed by atoms with Crippen LogP contribution in [0.4, 0.5) is 0 Å². The van der Waals surface area contributed by atoms with Crippen molar-refractivity contribution in [3.8, 4) is 12.3 Å². The molecule has 0 bridgehead atoms. The first-order valence-electron chi connectivity index (χ1n) is 8.73. The average Bonchev–Trinajstić information content (AvgIpc) is 3.08. The van der Waals surface area contributed by atoms with Crippen LogP contribution >= 0.6 is 0 Å². The van der Waals surface area contributed by atoms with E-state index in [1.54, 1.807) is 0 Å². The van der Waals surface area contributed by atoms with Crippen LogP contribution in [0.15, 0.2) is 59.9 Å². The number of aliphatic imine (C=N–C) groups is 1. The lowest BCUT2D eigenvalue weighted by Crippen LogP contribution is -2.37. The van der Waals surface area contributed by atoms with E-state index in [-0.39, 0.29) is 0 Å². The molecule has 132 valence electrons. The smallest absolute Gasteiger partial charge is 0.192 e. The first-order chi connectivity index (χ1) is 12.8. The SMILES string of the molecule is C#CCNC(=NCc1ccc(Cn2cnc3ccccc32)cc1)NCC. The van der Waals surface area contributed by atoms with Crippen LogP contribution in [0.25, 0.3) is 11.0 Å². The molecule has 3 rings (SSSR count). The van der Waals surface area contributed by atoms with Crippen LogP contribution in [0.5, 0.6) is 0 Å². The molecule has 0 aliphatic heterocycles. The number of fused-ring (bicyclic) bond motifs is 1. The molecule has 3 aromatic rings. The van der Waals surface area contributed by atoms with Crippen LogP contribution in [0.1, 0.15) is 18.1 Å². The number of para-hydroxylation sites is 2. The van der Waals surface area contributed by atoms with E-state index in [2.05, 4.69) is 61.4 Å². The molecule has 0 aliphatic carbocycles. The Morgan fingerprint density at radius 2 is 1.88 bits per heavy atom. The summed E-state index contributed by atoms with van der Waals surface area (Å²) in [5.74, 6) is 3.29. The zero-order valence-electron chi connectivity index (χ0n) is 14.9. The summed E-state index contributed by atoms with van der Waals surface area (Å²) < 4.78 is 2.16. The van der Waals surface area contributed by atoms with Gasteiger partial charge in [-0.3, -0.25) is 0 Å². The number of imidazole rings is 1. The molecule has 0 saturated carbocycles. The topological polar surface area (TPSA) is 54.2 Å². The molecule has 5 heteroatoms. The Morgan fingerprint density at radius 3 is 2.65 bits per heavy atom. The van der Waals surface area contributed by atoms with E-state index in [4.69, 9.17) is 6.42 Å². The van der Waals surface area contributed by atoms with Crippen molar-refractivity contribution < 1.29 is 0 Å². The Bertz CT molecular complexity index is 915. The third kappa shape index (κ3) is 4.42. The Labute approximate surface area is 154 Å². The van der Waals surface area contributed by atoms with Crippen LogP contribution in [-0.2, 0) is 13.1 Å². The number of hydrogen-bond acceptors (Lipinski definition) is 2. The van der Waals surface area contributed by atoms with Gasteiger partial charge in [-0.15, -0.1) is 6.42 Å². The van der Waals surface area contributed by atoms with Gasteiger partial charge in [0.25, 0.3) is 0 Å². The summed E-state index contributed by atoms with van der Waals surface area (Å²) in [5, 5.41) is 6.27. The van der Waals surface area contributed by atoms with Crippen molar-refractivity contribution in [3.05, 3.63) is 66.0 Å². The average molecular weight is 345 g/mol. The fourth-order valence-corrected chi connectivity index (χ4v) is 2.73. The third-order valence-corrected chi connectivity index (χ3v) is 4.03. The highest BCUT2D eigenvalue weighted by molar-refractivity contribution is 5.80. The molecule has 2 N–H and O–H groups in total. The Balaban J connectivity index is 1.65. The van der Waals surface area contributed by atoms with Gasteiger partial charge in [0.05, 0.1) is 30.5 Å². The van der Waals surface area contributed by atoms with E-state index in [1.165, 1.54) is 5.56 Å². The monoisotopic (exact) mass is 345 g/mol. The van der Waals surface area contributed by atoms with Crippen molar-refractivity contribution in [1.82, 2.24) is 20.2 Å². The number of hydrogen-bond donors (Lipinski definition) is 2. The number of aromatic nitrogens is 2. The van der Waals surface area contributed by atoms with E-state index in [0.717, 1.165) is 35.6 Å². The second kappa shape index (κ2) is 8.72. The normalized spacial score (nSPS) is 11.3. The van der Waals surface area contributed by atoms with Crippen LogP contribution in [0.2, 0.25) is 0 Å². The Morgan fingerprint density at radius 1 is 1.12 bits per heavy atom. The van der Waals surface area contributed by atoms with Gasteiger partial charge in [0.15, 0.2) is 5.96 Å². The number of terminal acetylenes is 1. The van der Waals surface area contributed by atoms with Crippen LogP contribution in [0, 0.1) is 12.3 Å². The van der Waals surface area contributed by atoms with Crippen molar-refractivity contribution in [2.24, 2.45) is 4.99 Å². The third-order valence-electron chi connectivity index (χ3n) is 4.03. The summed E-state index contributed by atoms with van der Waals surface area (Å²) in [6, 6.07) is 16.7. The van der Waals surface area contributed by atoms with Crippen LogP contribution in [0.3, 0.4) is 0 Å². The van der Waals surface area contributed by atoms with Gasteiger partial charge in [0.2, 0.25) is 0 Å². The lowest BCUT2D eigenvalue weighted by molar-refractivity contribution is 0.823. The zero-order chi connectivity index (χ0) is 18.2. The van der Waals surface area contributed by atoms with Crippen molar-refractivity contribution in [1.29, 1.82) is 0 Å². The summed E-state index contributed by atoms with van der Waals surface area (Å²) in [6.07, 6.45) is 7.18. The summed E-state index contributed by atoms with van der Waals surface area (Å²) in [4.78, 5) is 8.99. The van der Waals surface area contributed by atoms with E-state index in [9.17, 15) is 0 Å². The summed E-state index contributed by atoms with van der Waals surface area (Å²) in [5.41, 5.74) is 4.56. The van der Waals surface area contributed by atoms with Gasteiger partial charge in [-0.1, -0.05) is 42.3 Å². The molecular formula is C21H23N5. The molecule has 0 atom stereocenters. The van der Waals surface area contributed by atoms with Gasteiger partial charge in [-0.2, -0.15) is 0 Å². The zero-order valence-corrected chi connectivity index (χ0v) is 14.9. The van der Waals surface area contributed by atoms with Gasteiger partial charge in [-0.25, -0.2) is 9.98 Å².